The highest BCUT2D eigenvalue weighted by Gasteiger charge is 2.26. The van der Waals surface area contributed by atoms with Gasteiger partial charge in [0.1, 0.15) is 5.82 Å². The van der Waals surface area contributed by atoms with Gasteiger partial charge in [0.25, 0.3) is 0 Å². The minimum absolute atomic E-state index is 0.0198. The van der Waals surface area contributed by atoms with E-state index in [1.807, 2.05) is 22.6 Å². The lowest BCUT2D eigenvalue weighted by Gasteiger charge is -2.11. The maximum atomic E-state index is 13.9. The van der Waals surface area contributed by atoms with Gasteiger partial charge in [-0.3, -0.25) is 4.79 Å². The minimum atomic E-state index is -0.689. The van der Waals surface area contributed by atoms with Gasteiger partial charge in [-0.05, 0) is 58.5 Å². The molecule has 0 saturated carbocycles. The van der Waals surface area contributed by atoms with Crippen LogP contribution in [0.3, 0.4) is 0 Å². The van der Waals surface area contributed by atoms with Crippen LogP contribution in [0.5, 0.6) is 11.5 Å². The van der Waals surface area contributed by atoms with Gasteiger partial charge < -0.3 is 14.2 Å². The molecule has 0 aliphatic carbocycles. The van der Waals surface area contributed by atoms with Crippen molar-refractivity contribution in [2.45, 2.75) is 6.92 Å². The fourth-order valence-electron chi connectivity index (χ4n) is 2.38. The van der Waals surface area contributed by atoms with Gasteiger partial charge in [-0.25, -0.2) is 14.2 Å². The fourth-order valence-corrected chi connectivity index (χ4v) is 3.12. The first kappa shape index (κ1) is 19.0. The van der Waals surface area contributed by atoms with Crippen LogP contribution in [0, 0.1) is 9.39 Å². The van der Waals surface area contributed by atoms with Crippen LogP contribution < -0.4 is 9.47 Å². The lowest BCUT2D eigenvalue weighted by molar-refractivity contribution is -0.132. The molecule has 1 aliphatic heterocycles. The maximum Gasteiger partial charge on any atom is 0.363 e. The lowest BCUT2D eigenvalue weighted by atomic mass is 10.1. The molecule has 3 rings (SSSR count). The Labute approximate surface area is 167 Å². The minimum Gasteiger partial charge on any atom is -0.493 e. The molecule has 0 unspecified atom stereocenters. The Morgan fingerprint density at radius 1 is 1.30 bits per heavy atom. The highest BCUT2D eigenvalue weighted by Crippen LogP contribution is 2.35. The number of aliphatic imine (C=N–C) groups is 1. The van der Waals surface area contributed by atoms with Crippen LogP contribution in [-0.2, 0) is 14.3 Å². The topological polar surface area (TPSA) is 74.2 Å². The molecule has 8 heteroatoms. The van der Waals surface area contributed by atoms with Crippen LogP contribution >= 0.6 is 22.6 Å². The summed E-state index contributed by atoms with van der Waals surface area (Å²) in [4.78, 5) is 27.4. The first-order chi connectivity index (χ1) is 12.9. The standard InChI is InChI=1S/C19H13FINO5/c1-10(23)26-17-14(21)7-11(9-16(17)25-2)8-15-19(24)27-18(22-15)12-5-3-4-6-13(12)20/h3-9H,1-2H3. The highest BCUT2D eigenvalue weighted by atomic mass is 127. The van der Waals surface area contributed by atoms with Crippen LogP contribution in [0.25, 0.3) is 6.08 Å². The third-order valence-electron chi connectivity index (χ3n) is 3.53. The third-order valence-corrected chi connectivity index (χ3v) is 4.33. The summed E-state index contributed by atoms with van der Waals surface area (Å²) in [6.45, 7) is 1.29. The molecular weight excluding hydrogens is 468 g/mol. The summed E-state index contributed by atoms with van der Waals surface area (Å²) in [6, 6.07) is 9.18. The zero-order valence-corrected chi connectivity index (χ0v) is 16.4. The molecule has 0 atom stereocenters. The van der Waals surface area contributed by atoms with Crippen molar-refractivity contribution >= 4 is 46.5 Å². The molecule has 1 heterocycles. The molecule has 0 aromatic heterocycles. The van der Waals surface area contributed by atoms with Crippen molar-refractivity contribution in [1.82, 2.24) is 0 Å². The summed E-state index contributed by atoms with van der Waals surface area (Å²) >= 11 is 1.99. The number of hydrogen-bond acceptors (Lipinski definition) is 6. The quantitative estimate of drug-likeness (QED) is 0.288. The maximum absolute atomic E-state index is 13.9. The number of methoxy groups -OCH3 is 1. The molecule has 6 nitrogen and oxygen atoms in total. The molecule has 0 spiro atoms. The third kappa shape index (κ3) is 4.16. The van der Waals surface area contributed by atoms with Crippen molar-refractivity contribution in [2.24, 2.45) is 4.99 Å². The van der Waals surface area contributed by atoms with Gasteiger partial charge in [-0.1, -0.05) is 12.1 Å². The molecule has 1 aliphatic rings. The van der Waals surface area contributed by atoms with E-state index < -0.39 is 17.8 Å². The Morgan fingerprint density at radius 2 is 2.04 bits per heavy atom. The van der Waals surface area contributed by atoms with Crippen LogP contribution in [0.4, 0.5) is 4.39 Å². The van der Waals surface area contributed by atoms with E-state index in [0.717, 1.165) is 0 Å². The molecule has 2 aromatic carbocycles. The van der Waals surface area contributed by atoms with Crippen LogP contribution in [0.2, 0.25) is 0 Å². The van der Waals surface area contributed by atoms with E-state index in [-0.39, 0.29) is 22.9 Å². The Bertz CT molecular complexity index is 1000. The Kier molecular flexibility index (Phi) is 5.54. The molecule has 0 N–H and O–H groups in total. The van der Waals surface area contributed by atoms with Crippen molar-refractivity contribution in [3.63, 3.8) is 0 Å². The molecule has 27 heavy (non-hydrogen) atoms. The van der Waals surface area contributed by atoms with Gasteiger partial charge >= 0.3 is 11.9 Å². The zero-order chi connectivity index (χ0) is 19.6. The van der Waals surface area contributed by atoms with Gasteiger partial charge in [0.15, 0.2) is 17.2 Å². The molecule has 0 saturated heterocycles. The Morgan fingerprint density at radius 3 is 2.70 bits per heavy atom. The molecule has 0 fully saturated rings. The molecular formula is C19H13FINO5. The summed E-state index contributed by atoms with van der Waals surface area (Å²) in [5.74, 6) is -1.18. The second-order valence-corrected chi connectivity index (χ2v) is 6.61. The second kappa shape index (κ2) is 7.87. The average Bonchev–Trinajstić information content (AvgIpc) is 2.97. The largest absolute Gasteiger partial charge is 0.493 e. The summed E-state index contributed by atoms with van der Waals surface area (Å²) in [7, 11) is 1.44. The van der Waals surface area contributed by atoms with E-state index in [1.54, 1.807) is 18.2 Å². The molecule has 2 aromatic rings. The van der Waals surface area contributed by atoms with Gasteiger partial charge in [0.05, 0.1) is 16.2 Å². The highest BCUT2D eigenvalue weighted by molar-refractivity contribution is 14.1. The summed E-state index contributed by atoms with van der Waals surface area (Å²) in [6.07, 6.45) is 1.48. The van der Waals surface area contributed by atoms with Crippen molar-refractivity contribution in [1.29, 1.82) is 0 Å². The smallest absolute Gasteiger partial charge is 0.363 e. The van der Waals surface area contributed by atoms with Gasteiger partial charge in [-0.15, -0.1) is 0 Å². The monoisotopic (exact) mass is 481 g/mol. The van der Waals surface area contributed by atoms with Crippen molar-refractivity contribution < 1.29 is 28.2 Å². The molecule has 0 bridgehead atoms. The van der Waals surface area contributed by atoms with E-state index >= 15 is 0 Å². The summed E-state index contributed by atoms with van der Waals surface area (Å²) < 4.78 is 30.0. The number of hydrogen-bond donors (Lipinski definition) is 0. The van der Waals surface area contributed by atoms with Crippen molar-refractivity contribution in [3.8, 4) is 11.5 Å². The number of carbonyl (C=O) groups excluding carboxylic acids is 2. The number of rotatable bonds is 4. The number of carbonyl (C=O) groups is 2. The van der Waals surface area contributed by atoms with E-state index in [0.29, 0.717) is 14.9 Å². The van der Waals surface area contributed by atoms with Gasteiger partial charge in [0, 0.05) is 6.92 Å². The SMILES string of the molecule is COc1cc(C=C2N=C(c3ccccc3F)OC2=O)cc(I)c1OC(C)=O. The number of ether oxygens (including phenoxy) is 3. The van der Waals surface area contributed by atoms with Crippen LogP contribution in [0.1, 0.15) is 18.1 Å². The summed E-state index contributed by atoms with van der Waals surface area (Å²) in [5, 5.41) is 0. The number of esters is 2. The number of benzene rings is 2. The van der Waals surface area contributed by atoms with Gasteiger partial charge in [0.2, 0.25) is 5.90 Å². The summed E-state index contributed by atoms with van der Waals surface area (Å²) in [5.41, 5.74) is 0.704. The Balaban J connectivity index is 1.99. The van der Waals surface area contributed by atoms with E-state index in [2.05, 4.69) is 4.99 Å². The van der Waals surface area contributed by atoms with Crippen molar-refractivity contribution in [3.05, 3.63) is 62.6 Å². The van der Waals surface area contributed by atoms with E-state index in [4.69, 9.17) is 14.2 Å². The van der Waals surface area contributed by atoms with E-state index in [9.17, 15) is 14.0 Å². The first-order valence-electron chi connectivity index (χ1n) is 7.72. The number of cyclic esters (lactones) is 1. The lowest BCUT2D eigenvalue weighted by Crippen LogP contribution is -2.07. The predicted octanol–water partition coefficient (Wildman–Crippen LogP) is 3.71. The first-order valence-corrected chi connectivity index (χ1v) is 8.80. The molecule has 138 valence electrons. The fraction of sp³-hybridized carbons (Fsp3) is 0.105. The van der Waals surface area contributed by atoms with Crippen LogP contribution in [-0.4, -0.2) is 24.9 Å². The zero-order valence-electron chi connectivity index (χ0n) is 14.3. The van der Waals surface area contributed by atoms with E-state index in [1.165, 1.54) is 38.3 Å². The normalized spacial score (nSPS) is 14.7. The average molecular weight is 481 g/mol. The predicted molar refractivity (Wildman–Crippen MR) is 104 cm³/mol. The number of halogens is 2. The van der Waals surface area contributed by atoms with Gasteiger partial charge in [-0.2, -0.15) is 0 Å². The van der Waals surface area contributed by atoms with Crippen molar-refractivity contribution in [2.75, 3.05) is 7.11 Å². The number of nitrogens with zero attached hydrogens (tertiary/aromatic N) is 1. The second-order valence-electron chi connectivity index (χ2n) is 5.44. The Hall–Kier alpha value is -2.75. The molecule has 0 radical (unpaired) electrons. The van der Waals surface area contributed by atoms with Crippen LogP contribution in [0.15, 0.2) is 47.1 Å². The molecule has 0 amide bonds.